The Labute approximate surface area is 612 Å². The number of allylic oxidation sites excluding steroid dienone is 2. The molecule has 8 saturated carbocycles. The highest BCUT2D eigenvalue weighted by atomic mass is 35.5. The number of carboxylic acid groups (broad SMARTS) is 4. The number of pyridine rings is 1. The third kappa shape index (κ3) is 15.3. The molecule has 3 unspecified atom stereocenters. The topological polar surface area (TPSA) is 339 Å². The Bertz CT molecular complexity index is 4080. The molecule has 2 aliphatic heterocycles. The smallest absolute Gasteiger partial charge is 0.345 e. The summed E-state index contributed by atoms with van der Waals surface area (Å²) in [7, 11) is 5.25. The van der Waals surface area contributed by atoms with E-state index in [9.17, 15) is 38.7 Å². The lowest BCUT2D eigenvalue weighted by atomic mass is 9.47. The van der Waals surface area contributed by atoms with E-state index in [0.717, 1.165) is 103 Å². The number of esters is 1. The van der Waals surface area contributed by atoms with Crippen LogP contribution in [0.3, 0.4) is 0 Å². The minimum absolute atomic E-state index is 0.0507. The predicted molar refractivity (Wildman–Crippen MR) is 377 cm³/mol. The number of carbonyl (C=O) groups excluding carboxylic acids is 3. The number of ketones is 2. The number of carboxylic acids is 4. The second-order valence-electron chi connectivity index (χ2n) is 29.2. The first-order chi connectivity index (χ1) is 49.9. The maximum Gasteiger partial charge on any atom is 0.345 e. The predicted octanol–water partition coefficient (Wildman–Crippen LogP) is 11.4. The van der Waals surface area contributed by atoms with E-state index in [1.165, 1.54) is 25.0 Å². The Hall–Kier alpha value is -8.20. The quantitative estimate of drug-likeness (QED) is 0.00789. The van der Waals surface area contributed by atoms with Crippen LogP contribution in [0, 0.1) is 47.3 Å². The Kier molecular flexibility index (Phi) is 23.1. The number of nitrogens with two attached hydrogens (primary N) is 2. The van der Waals surface area contributed by atoms with Crippen LogP contribution in [0.1, 0.15) is 146 Å². The number of Topliss-reactive ketones (excluding diaryl/α,β-unsaturated/α-hetero) is 2. The molecule has 5 atom stereocenters. The number of aryl methyl sites for hydroxylation is 1. The van der Waals surface area contributed by atoms with Gasteiger partial charge in [0.2, 0.25) is 6.10 Å². The van der Waals surface area contributed by atoms with Crippen molar-refractivity contribution in [2.75, 3.05) is 14.2 Å². The van der Waals surface area contributed by atoms with Crippen LogP contribution >= 0.6 is 23.2 Å². The Morgan fingerprint density at radius 3 is 1.30 bits per heavy atom. The molecular formula is C79H88Cl2N3O20+. The average Bonchev–Trinajstić information content (AvgIpc) is 0.676. The van der Waals surface area contributed by atoms with Crippen LogP contribution < -0.4 is 25.5 Å². The van der Waals surface area contributed by atoms with Crippen LogP contribution in [0.15, 0.2) is 116 Å². The number of rotatable bonds is 31. The number of hydrogen-bond acceptors (Lipinski definition) is 18. The van der Waals surface area contributed by atoms with E-state index in [1.807, 2.05) is 103 Å². The number of halogens is 2. The van der Waals surface area contributed by atoms with Gasteiger partial charge in [0.15, 0.2) is 23.6 Å². The van der Waals surface area contributed by atoms with Gasteiger partial charge in [-0.3, -0.25) is 24.0 Å². The largest absolute Gasteiger partial charge is 0.487 e. The average molecular weight is 1470 g/mol. The zero-order valence-corrected chi connectivity index (χ0v) is 59.7. The molecular weight excluding hydrogens is 1380 g/mol. The second-order valence-corrected chi connectivity index (χ2v) is 29.9. The minimum Gasteiger partial charge on any atom is -0.487 e. The normalized spacial score (nSPS) is 28.2. The number of aromatic nitrogens is 1. The first kappa shape index (κ1) is 75.5. The lowest BCUT2D eigenvalue weighted by molar-refractivity contribution is -0.671. The number of benzene rings is 4. The molecule has 10 fully saturated rings. The van der Waals surface area contributed by atoms with E-state index in [0.29, 0.717) is 56.9 Å². The second kappa shape index (κ2) is 31.9. The Balaban J connectivity index is 0.000000197. The lowest BCUT2D eigenvalue weighted by Crippen LogP contribution is -2.76. The lowest BCUT2D eigenvalue weighted by Gasteiger charge is -2.68. The molecule has 0 radical (unpaired) electrons. The van der Waals surface area contributed by atoms with Crippen molar-refractivity contribution < 1.29 is 102 Å². The van der Waals surface area contributed by atoms with Crippen LogP contribution in [-0.2, 0) is 112 Å². The summed E-state index contributed by atoms with van der Waals surface area (Å²) in [6.45, 7) is 0.315. The first-order valence-corrected chi connectivity index (χ1v) is 36.2. The van der Waals surface area contributed by atoms with E-state index in [2.05, 4.69) is 0 Å². The van der Waals surface area contributed by atoms with Gasteiger partial charge >= 0.3 is 29.8 Å². The first-order valence-electron chi connectivity index (χ1n) is 35.4. The van der Waals surface area contributed by atoms with Crippen molar-refractivity contribution in [2.24, 2.45) is 65.9 Å². The van der Waals surface area contributed by atoms with Gasteiger partial charge in [0.25, 0.3) is 11.6 Å². The summed E-state index contributed by atoms with van der Waals surface area (Å²) >= 11 is 14.6. The van der Waals surface area contributed by atoms with Crippen LogP contribution in [0.2, 0.25) is 10.0 Å². The molecule has 2 spiro atoms. The fourth-order valence-corrected chi connectivity index (χ4v) is 18.5. The zero-order valence-electron chi connectivity index (χ0n) is 58.2. The third-order valence-electron chi connectivity index (χ3n) is 22.6. The highest BCUT2D eigenvalue weighted by Crippen LogP contribution is 2.72. The number of methoxy groups -OCH3 is 2. The van der Waals surface area contributed by atoms with E-state index < -0.39 is 77.2 Å². The van der Waals surface area contributed by atoms with Crippen molar-refractivity contribution in [3.63, 3.8) is 0 Å². The highest BCUT2D eigenvalue weighted by Gasteiger charge is 2.78. The van der Waals surface area contributed by atoms with Gasteiger partial charge in [-0.05, 0) is 152 Å². The van der Waals surface area contributed by atoms with Crippen molar-refractivity contribution in [3.8, 4) is 11.5 Å². The van der Waals surface area contributed by atoms with Crippen LogP contribution in [0.4, 0.5) is 0 Å². The van der Waals surface area contributed by atoms with Crippen molar-refractivity contribution in [1.82, 2.24) is 0 Å². The van der Waals surface area contributed by atoms with Crippen molar-refractivity contribution in [2.45, 2.75) is 163 Å². The molecule has 0 amide bonds. The molecule has 8 N–H and O–H groups in total. The van der Waals surface area contributed by atoms with Gasteiger partial charge in [0, 0.05) is 80.4 Å². The summed E-state index contributed by atoms with van der Waals surface area (Å²) in [4.78, 5) is 106. The van der Waals surface area contributed by atoms with Crippen LogP contribution in [0.5, 0.6) is 11.5 Å². The molecule has 5 aromatic rings. The molecule has 8 bridgehead atoms. The molecule has 104 heavy (non-hydrogen) atoms. The van der Waals surface area contributed by atoms with Gasteiger partial charge < -0.3 is 55.6 Å². The molecule has 23 nitrogen and oxygen atoms in total. The molecule has 4 aromatic carbocycles. The highest BCUT2D eigenvalue weighted by molar-refractivity contribution is 6.33. The van der Waals surface area contributed by atoms with Crippen LogP contribution in [0.25, 0.3) is 18.2 Å². The molecule has 8 aliphatic carbocycles. The molecule has 3 heterocycles. The van der Waals surface area contributed by atoms with Gasteiger partial charge in [-0.2, -0.15) is 9.78 Å². The molecule has 15 rings (SSSR count). The fourth-order valence-electron chi connectivity index (χ4n) is 17.8. The summed E-state index contributed by atoms with van der Waals surface area (Å²) in [6.07, 6.45) is 22.5. The molecule has 25 heteroatoms. The van der Waals surface area contributed by atoms with Gasteiger partial charge in [0.05, 0.1) is 16.5 Å². The summed E-state index contributed by atoms with van der Waals surface area (Å²) in [6, 6.07) is 24.4. The summed E-state index contributed by atoms with van der Waals surface area (Å²) in [5, 5.41) is 36.7. The van der Waals surface area contributed by atoms with Gasteiger partial charge in [-0.25, -0.2) is 23.9 Å². The Morgan fingerprint density at radius 2 is 0.933 bits per heavy atom. The van der Waals surface area contributed by atoms with E-state index >= 15 is 0 Å². The number of ether oxygens (including phenoxy) is 5. The van der Waals surface area contributed by atoms with E-state index in [1.54, 1.807) is 38.5 Å². The molecule has 1 aromatic heterocycles. The number of hydrogen-bond donors (Lipinski definition) is 6. The maximum absolute atomic E-state index is 12.4. The summed E-state index contributed by atoms with van der Waals surface area (Å²) in [5.74, 6) is -4.13. The van der Waals surface area contributed by atoms with Crippen LogP contribution in [-0.4, -0.2) is 105 Å². The van der Waals surface area contributed by atoms with E-state index in [-0.39, 0.29) is 80.2 Å². The van der Waals surface area contributed by atoms with Gasteiger partial charge in [0.1, 0.15) is 55.4 Å². The third-order valence-corrected chi connectivity index (χ3v) is 23.3. The number of carbonyl (C=O) groups is 7. The summed E-state index contributed by atoms with van der Waals surface area (Å²) < 4.78 is 32.3. The minimum atomic E-state index is -1.84. The number of nitrogens with zero attached hydrogens (tertiary/aromatic N) is 1. The monoisotopic (exact) mass is 1470 g/mol. The summed E-state index contributed by atoms with van der Waals surface area (Å²) in [5.41, 5.74) is 16.7. The molecule has 2 saturated heterocycles. The van der Waals surface area contributed by atoms with Gasteiger partial charge in [-0.1, -0.05) is 126 Å². The van der Waals surface area contributed by atoms with E-state index in [4.69, 9.17) is 93.2 Å². The molecule has 10 aliphatic rings. The van der Waals surface area contributed by atoms with Crippen molar-refractivity contribution in [3.05, 3.63) is 176 Å². The zero-order chi connectivity index (χ0) is 73.8. The number of aliphatic carboxylic acids is 4. The van der Waals surface area contributed by atoms with Crippen molar-refractivity contribution in [1.29, 1.82) is 0 Å². The standard InChI is InChI=1S/C40H44ClNO13.C39H43ClN2O7/c1-51-40(39(54-55-40)27-15-24-14-25(17-27)18-28(39)16-24)30-12-10-26(4-2-3-5-34(46)53-32(38(49)50)20-33(44)45)36(35(30)41)52-21-23-8-6-22(7-9-23)19-29(43)11-13-31(42)37(47)48;1-42-15-13-24(14-16-42)7-8-29-9-11-33(39(46-2)38(48-49-39)30-18-27-17-28(20-30)21-31(38)19-27)35(40)36(29)47-23-26-5-3-25(4-6-26)22-32(43)10-12-34(41)37(44)45/h2-10,12,24-25,27-28,31-32H,11,13-21,42H2,1H3,(H,44,45)(H,47,48)(H,49,50);3-9,11,13-16,27-28,30-31,34H,10,12,17-23,41H2,1-2H3/p+1/b4-2+,5-3+;8-7+/t24?,25?,27?,28?,31-,32?,39?,40?;27?,28?,30?,31?,34-,38?,39?/m11/s1. The van der Waals surface area contributed by atoms with Gasteiger partial charge in [-0.15, -0.1) is 0 Å². The maximum atomic E-state index is 12.4. The fraction of sp³-hybridized carbons (Fsp3) is 0.468. The van der Waals surface area contributed by atoms with Crippen molar-refractivity contribution >= 4 is 82.8 Å². The molecule has 552 valence electrons. The Morgan fingerprint density at radius 1 is 0.529 bits per heavy atom. The SMILES string of the molecule is COC1(c2ccc(/C=C/C=C/C(=O)OC(CC(=O)O)C(=O)O)c(OCc3ccc(CC(=O)CC[C@@H](N)C(=O)O)cc3)c2Cl)OOC12C1CC3CC(C1)CC2C3.COC1(c2ccc(/C=C/c3cc[n+](C)cc3)c(OCc3ccc(CC(=O)CC[C@@H](N)C(=O)O)cc3)c2Cl)OOC12C1CC3CC(C1)CC2C3.